The Hall–Kier alpha value is -1.70. The van der Waals surface area contributed by atoms with Crippen LogP contribution >= 0.6 is 7.37 Å². The van der Waals surface area contributed by atoms with Crippen molar-refractivity contribution in [3.63, 3.8) is 0 Å². The average molecular weight is 246 g/mol. The number of rotatable bonds is 3. The maximum atomic E-state index is 12.1. The second kappa shape index (κ2) is 4.66. The number of hydrogen-bond donors (Lipinski definition) is 1. The van der Waals surface area contributed by atoms with Gasteiger partial charge >= 0.3 is 0 Å². The zero-order valence-corrected chi connectivity index (χ0v) is 9.88. The van der Waals surface area contributed by atoms with Crippen LogP contribution in [0.1, 0.15) is 10.4 Å². The molecule has 0 saturated carbocycles. The van der Waals surface area contributed by atoms with Crippen molar-refractivity contribution in [3.8, 4) is 0 Å². The fourth-order valence-electron chi connectivity index (χ4n) is 1.50. The molecule has 0 aliphatic heterocycles. The Labute approximate surface area is 99.2 Å². The predicted molar refractivity (Wildman–Crippen MR) is 66.7 cm³/mol. The number of hydrogen-bond acceptors (Lipinski definition) is 2. The average Bonchev–Trinajstić information content (AvgIpc) is 2.40. The van der Waals surface area contributed by atoms with E-state index >= 15 is 0 Å². The lowest BCUT2D eigenvalue weighted by atomic mass is 10.2. The SMILES string of the molecule is O=C(c1ccccc1)P(=O)(O)c1ccccc1. The third kappa shape index (κ3) is 2.36. The van der Waals surface area contributed by atoms with E-state index in [-0.39, 0.29) is 10.9 Å². The maximum absolute atomic E-state index is 12.1. The van der Waals surface area contributed by atoms with Crippen LogP contribution in [-0.2, 0) is 4.57 Å². The molecule has 0 aromatic heterocycles. The van der Waals surface area contributed by atoms with Gasteiger partial charge in [0, 0.05) is 10.9 Å². The van der Waals surface area contributed by atoms with Crippen LogP contribution in [-0.4, -0.2) is 10.4 Å². The van der Waals surface area contributed by atoms with E-state index in [9.17, 15) is 14.3 Å². The minimum absolute atomic E-state index is 0.161. The number of carbonyl (C=O) groups is 1. The van der Waals surface area contributed by atoms with E-state index in [4.69, 9.17) is 0 Å². The molecule has 0 heterocycles. The first kappa shape index (κ1) is 11.8. The topological polar surface area (TPSA) is 54.4 Å². The Kier molecular flexibility index (Phi) is 3.23. The van der Waals surface area contributed by atoms with Crippen LogP contribution in [0.15, 0.2) is 60.7 Å². The lowest BCUT2D eigenvalue weighted by Crippen LogP contribution is -2.12. The molecule has 0 radical (unpaired) electrons. The lowest BCUT2D eigenvalue weighted by molar-refractivity contribution is 0.106. The molecule has 1 atom stereocenters. The molecule has 1 unspecified atom stereocenters. The first-order valence-corrected chi connectivity index (χ1v) is 6.76. The molecule has 2 rings (SSSR count). The quantitative estimate of drug-likeness (QED) is 0.846. The molecule has 1 N–H and O–H groups in total. The summed E-state index contributed by atoms with van der Waals surface area (Å²) in [5.74, 6) is 0. The number of benzene rings is 2. The zero-order valence-electron chi connectivity index (χ0n) is 8.98. The summed E-state index contributed by atoms with van der Waals surface area (Å²) in [7, 11) is -4.00. The van der Waals surface area contributed by atoms with Gasteiger partial charge in [0.2, 0.25) is 0 Å². The highest BCUT2D eigenvalue weighted by Gasteiger charge is 2.31. The van der Waals surface area contributed by atoms with Gasteiger partial charge in [0.25, 0.3) is 12.9 Å². The Morgan fingerprint density at radius 2 is 1.35 bits per heavy atom. The Morgan fingerprint density at radius 1 is 0.882 bits per heavy atom. The normalized spacial score (nSPS) is 13.9. The van der Waals surface area contributed by atoms with E-state index in [0.29, 0.717) is 0 Å². The van der Waals surface area contributed by atoms with Crippen molar-refractivity contribution in [2.24, 2.45) is 0 Å². The second-order valence-electron chi connectivity index (χ2n) is 3.58. The van der Waals surface area contributed by atoms with Gasteiger partial charge in [-0.2, -0.15) is 0 Å². The van der Waals surface area contributed by atoms with Crippen LogP contribution in [0.4, 0.5) is 0 Å². The van der Waals surface area contributed by atoms with Gasteiger partial charge in [-0.05, 0) is 12.1 Å². The molecule has 0 aliphatic carbocycles. The minimum Gasteiger partial charge on any atom is -0.336 e. The highest BCUT2D eigenvalue weighted by molar-refractivity contribution is 7.82. The summed E-state index contributed by atoms with van der Waals surface area (Å²) < 4.78 is 12.1. The minimum atomic E-state index is -4.00. The van der Waals surface area contributed by atoms with E-state index in [1.54, 1.807) is 36.4 Å². The highest BCUT2D eigenvalue weighted by atomic mass is 31.2. The molecule has 4 heteroatoms. The lowest BCUT2D eigenvalue weighted by Gasteiger charge is -2.10. The molecule has 0 spiro atoms. The predicted octanol–water partition coefficient (Wildman–Crippen LogP) is 2.42. The molecule has 0 fully saturated rings. The first-order valence-electron chi connectivity index (χ1n) is 5.11. The van der Waals surface area contributed by atoms with Crippen molar-refractivity contribution in [2.75, 3.05) is 0 Å². The van der Waals surface area contributed by atoms with Gasteiger partial charge in [0.1, 0.15) is 0 Å². The Balaban J connectivity index is 2.41. The van der Waals surface area contributed by atoms with Gasteiger partial charge in [-0.1, -0.05) is 48.5 Å². The summed E-state index contributed by atoms with van der Waals surface area (Å²) in [5, 5.41) is 0.161. The molecule has 86 valence electrons. The molecule has 0 bridgehead atoms. The first-order chi connectivity index (χ1) is 8.12. The molecular weight excluding hydrogens is 235 g/mol. The van der Waals surface area contributed by atoms with E-state index in [0.717, 1.165) is 0 Å². The molecule has 0 saturated heterocycles. The summed E-state index contributed by atoms with van der Waals surface area (Å²) in [6.07, 6.45) is 0. The van der Waals surface area contributed by atoms with Crippen molar-refractivity contribution in [3.05, 3.63) is 66.2 Å². The van der Waals surface area contributed by atoms with Crippen LogP contribution < -0.4 is 5.30 Å². The van der Waals surface area contributed by atoms with Crippen molar-refractivity contribution in [1.29, 1.82) is 0 Å². The van der Waals surface area contributed by atoms with Crippen LogP contribution in [0.25, 0.3) is 0 Å². The Bertz CT molecular complexity index is 564. The summed E-state index contributed by atoms with van der Waals surface area (Å²) in [5.41, 5.74) is -0.480. The van der Waals surface area contributed by atoms with Crippen LogP contribution in [0, 0.1) is 0 Å². The summed E-state index contributed by atoms with van der Waals surface area (Å²) in [6, 6.07) is 16.1. The van der Waals surface area contributed by atoms with E-state index in [2.05, 4.69) is 0 Å². The van der Waals surface area contributed by atoms with Crippen molar-refractivity contribution < 1.29 is 14.3 Å². The fraction of sp³-hybridized carbons (Fsp3) is 0. The standard InChI is InChI=1S/C13H11O3P/c14-13(11-7-3-1-4-8-11)17(15,16)12-9-5-2-6-10-12/h1-10H,(H,15,16). The van der Waals surface area contributed by atoms with Crippen LogP contribution in [0.2, 0.25) is 0 Å². The van der Waals surface area contributed by atoms with E-state index < -0.39 is 12.9 Å². The zero-order chi connectivity index (χ0) is 12.3. The van der Waals surface area contributed by atoms with Gasteiger partial charge in [-0.3, -0.25) is 9.36 Å². The second-order valence-corrected chi connectivity index (χ2v) is 5.66. The van der Waals surface area contributed by atoms with Gasteiger partial charge in [-0.15, -0.1) is 0 Å². The van der Waals surface area contributed by atoms with Crippen LogP contribution in [0.3, 0.4) is 0 Å². The summed E-state index contributed by atoms with van der Waals surface area (Å²) in [4.78, 5) is 21.9. The largest absolute Gasteiger partial charge is 0.336 e. The fourth-order valence-corrected chi connectivity index (χ4v) is 2.81. The van der Waals surface area contributed by atoms with Crippen molar-refractivity contribution >= 4 is 18.2 Å². The van der Waals surface area contributed by atoms with Gasteiger partial charge in [0.05, 0.1) is 0 Å². The molecule has 3 nitrogen and oxygen atoms in total. The molecule has 2 aromatic rings. The van der Waals surface area contributed by atoms with E-state index in [1.165, 1.54) is 24.3 Å². The highest BCUT2D eigenvalue weighted by Crippen LogP contribution is 2.42. The molecule has 17 heavy (non-hydrogen) atoms. The third-order valence-electron chi connectivity index (χ3n) is 2.40. The van der Waals surface area contributed by atoms with Gasteiger partial charge in [0.15, 0.2) is 0 Å². The smallest absolute Gasteiger partial charge is 0.298 e. The number of carbonyl (C=O) groups excluding carboxylic acids is 1. The van der Waals surface area contributed by atoms with Gasteiger partial charge in [-0.25, -0.2) is 0 Å². The Morgan fingerprint density at radius 3 is 1.88 bits per heavy atom. The third-order valence-corrected chi connectivity index (χ3v) is 4.21. The summed E-state index contributed by atoms with van der Waals surface area (Å²) >= 11 is 0. The van der Waals surface area contributed by atoms with Gasteiger partial charge < -0.3 is 4.89 Å². The van der Waals surface area contributed by atoms with Crippen molar-refractivity contribution in [1.82, 2.24) is 0 Å². The van der Waals surface area contributed by atoms with Crippen molar-refractivity contribution in [2.45, 2.75) is 0 Å². The van der Waals surface area contributed by atoms with E-state index in [1.807, 2.05) is 0 Å². The monoisotopic (exact) mass is 246 g/mol. The maximum Gasteiger partial charge on any atom is 0.298 e. The molecular formula is C13H11O3P. The molecule has 0 amide bonds. The molecule has 0 aliphatic rings. The molecule has 2 aromatic carbocycles. The van der Waals surface area contributed by atoms with Crippen LogP contribution in [0.5, 0.6) is 0 Å². The summed E-state index contributed by atoms with van der Waals surface area (Å²) in [6.45, 7) is 0.